The lowest BCUT2D eigenvalue weighted by Gasteiger charge is -2.10. The quantitative estimate of drug-likeness (QED) is 0.623. The Morgan fingerprint density at radius 1 is 1.31 bits per heavy atom. The van der Waals surface area contributed by atoms with Gasteiger partial charge in [0.05, 0.1) is 29.0 Å². The fourth-order valence-electron chi connectivity index (χ4n) is 2.55. The molecule has 0 unspecified atom stereocenters. The molecule has 0 saturated carbocycles. The summed E-state index contributed by atoms with van der Waals surface area (Å²) in [6.07, 6.45) is -1.45. The van der Waals surface area contributed by atoms with Gasteiger partial charge in [0.15, 0.2) is 6.73 Å². The van der Waals surface area contributed by atoms with Gasteiger partial charge in [0.25, 0.3) is 5.91 Å². The predicted molar refractivity (Wildman–Crippen MR) is 98.4 cm³/mol. The fourth-order valence-corrected chi connectivity index (χ4v) is 2.76. The van der Waals surface area contributed by atoms with E-state index in [0.717, 1.165) is 12.1 Å². The van der Waals surface area contributed by atoms with Crippen molar-refractivity contribution < 1.29 is 22.7 Å². The molecule has 1 N–H and O–H groups in total. The number of halogens is 4. The summed E-state index contributed by atoms with van der Waals surface area (Å²) in [5.74, 6) is -0.383. The van der Waals surface area contributed by atoms with Crippen LogP contribution in [0.1, 0.15) is 28.7 Å². The van der Waals surface area contributed by atoms with E-state index >= 15 is 0 Å². The van der Waals surface area contributed by atoms with Crippen molar-refractivity contribution in [2.75, 3.05) is 0 Å². The van der Waals surface area contributed by atoms with Crippen LogP contribution in [0.2, 0.25) is 5.02 Å². The molecule has 29 heavy (non-hydrogen) atoms. The SMILES string of the molecule is CCn1ncc(Cl)c1CNC(=O)c1ccn(COc2cccc(C(F)(F)F)c2)n1. The van der Waals surface area contributed by atoms with Crippen molar-refractivity contribution in [1.29, 1.82) is 0 Å². The van der Waals surface area contributed by atoms with Gasteiger partial charge in [-0.3, -0.25) is 9.48 Å². The number of ether oxygens (including phenoxy) is 1. The summed E-state index contributed by atoms with van der Waals surface area (Å²) in [5.41, 5.74) is 0.00618. The average molecular weight is 428 g/mol. The van der Waals surface area contributed by atoms with Gasteiger partial charge in [0.1, 0.15) is 11.4 Å². The number of rotatable bonds is 7. The third kappa shape index (κ3) is 5.08. The van der Waals surface area contributed by atoms with Crippen LogP contribution in [0.25, 0.3) is 0 Å². The second kappa shape index (κ2) is 8.56. The number of aromatic nitrogens is 4. The number of nitrogens with zero attached hydrogens (tertiary/aromatic N) is 4. The van der Waals surface area contributed by atoms with E-state index in [1.54, 1.807) is 4.68 Å². The molecule has 3 aromatic rings. The first kappa shape index (κ1) is 20.7. The van der Waals surface area contributed by atoms with Crippen LogP contribution in [0.4, 0.5) is 13.2 Å². The molecule has 2 heterocycles. The van der Waals surface area contributed by atoms with Crippen molar-refractivity contribution in [3.63, 3.8) is 0 Å². The summed E-state index contributed by atoms with van der Waals surface area (Å²) in [4.78, 5) is 12.3. The van der Waals surface area contributed by atoms with Gasteiger partial charge in [0.2, 0.25) is 0 Å². The normalized spacial score (nSPS) is 11.5. The van der Waals surface area contributed by atoms with Gasteiger partial charge < -0.3 is 10.1 Å². The van der Waals surface area contributed by atoms with Crippen molar-refractivity contribution in [1.82, 2.24) is 24.9 Å². The topological polar surface area (TPSA) is 74.0 Å². The molecular weight excluding hydrogens is 411 g/mol. The Kier molecular flexibility index (Phi) is 6.12. The Labute approximate surface area is 169 Å². The zero-order valence-electron chi connectivity index (χ0n) is 15.3. The van der Waals surface area contributed by atoms with Crippen molar-refractivity contribution in [2.24, 2.45) is 0 Å². The van der Waals surface area contributed by atoms with Gasteiger partial charge in [-0.15, -0.1) is 0 Å². The minimum Gasteiger partial charge on any atom is -0.471 e. The highest BCUT2D eigenvalue weighted by molar-refractivity contribution is 6.31. The molecule has 0 aliphatic rings. The van der Waals surface area contributed by atoms with Crippen LogP contribution in [-0.2, 0) is 26.0 Å². The van der Waals surface area contributed by atoms with Gasteiger partial charge in [-0.25, -0.2) is 4.68 Å². The number of hydrogen-bond acceptors (Lipinski definition) is 4. The standard InChI is InChI=1S/C18H17ClF3N5O2/c1-2-27-16(14(19)9-24-27)10-23-17(28)15-6-7-26(25-15)11-29-13-5-3-4-12(8-13)18(20,21)22/h3-9H,2,10-11H2,1H3,(H,23,28). The second-order valence-corrected chi connectivity index (χ2v) is 6.38. The summed E-state index contributed by atoms with van der Waals surface area (Å²) >= 11 is 6.05. The van der Waals surface area contributed by atoms with E-state index in [9.17, 15) is 18.0 Å². The highest BCUT2D eigenvalue weighted by atomic mass is 35.5. The molecule has 0 radical (unpaired) electrons. The number of hydrogen-bond donors (Lipinski definition) is 1. The Morgan fingerprint density at radius 2 is 2.10 bits per heavy atom. The maximum Gasteiger partial charge on any atom is 0.416 e. The molecule has 7 nitrogen and oxygen atoms in total. The van der Waals surface area contributed by atoms with Gasteiger partial charge >= 0.3 is 6.18 Å². The predicted octanol–water partition coefficient (Wildman–Crippen LogP) is 3.74. The Hall–Kier alpha value is -3.01. The average Bonchev–Trinajstić information content (AvgIpc) is 3.30. The van der Waals surface area contributed by atoms with E-state index in [0.29, 0.717) is 17.3 Å². The Balaban J connectivity index is 1.58. The molecule has 0 atom stereocenters. The largest absolute Gasteiger partial charge is 0.471 e. The summed E-state index contributed by atoms with van der Waals surface area (Å²) in [6, 6.07) is 6.00. The number of nitrogens with one attached hydrogen (secondary N) is 1. The molecular formula is C18H17ClF3N5O2. The Bertz CT molecular complexity index is 1000. The van der Waals surface area contributed by atoms with E-state index in [-0.39, 0.29) is 24.7 Å². The molecule has 2 aromatic heterocycles. The zero-order valence-corrected chi connectivity index (χ0v) is 16.0. The van der Waals surface area contributed by atoms with E-state index in [1.165, 1.54) is 35.3 Å². The number of carbonyl (C=O) groups excluding carboxylic acids is 1. The molecule has 1 amide bonds. The van der Waals surface area contributed by atoms with Gasteiger partial charge in [-0.05, 0) is 31.2 Å². The van der Waals surface area contributed by atoms with Crippen LogP contribution in [0.3, 0.4) is 0 Å². The lowest BCUT2D eigenvalue weighted by Crippen LogP contribution is -2.25. The van der Waals surface area contributed by atoms with Gasteiger partial charge in [-0.2, -0.15) is 23.4 Å². The first-order chi connectivity index (χ1) is 13.8. The maximum atomic E-state index is 12.7. The molecule has 154 valence electrons. The highest BCUT2D eigenvalue weighted by Crippen LogP contribution is 2.31. The molecule has 0 bridgehead atoms. The summed E-state index contributed by atoms with van der Waals surface area (Å²) in [5, 5.41) is 11.3. The molecule has 3 rings (SSSR count). The highest BCUT2D eigenvalue weighted by Gasteiger charge is 2.30. The van der Waals surface area contributed by atoms with Crippen LogP contribution >= 0.6 is 11.6 Å². The Morgan fingerprint density at radius 3 is 2.83 bits per heavy atom. The number of benzene rings is 1. The lowest BCUT2D eigenvalue weighted by atomic mass is 10.2. The molecule has 0 aliphatic carbocycles. The van der Waals surface area contributed by atoms with Crippen molar-refractivity contribution >= 4 is 17.5 Å². The summed E-state index contributed by atoms with van der Waals surface area (Å²) < 4.78 is 46.5. The molecule has 0 aliphatic heterocycles. The van der Waals surface area contributed by atoms with Crippen LogP contribution in [0.15, 0.2) is 42.7 Å². The number of aryl methyl sites for hydroxylation is 1. The first-order valence-corrected chi connectivity index (χ1v) is 8.97. The summed E-state index contributed by atoms with van der Waals surface area (Å²) in [6.45, 7) is 2.54. The lowest BCUT2D eigenvalue weighted by molar-refractivity contribution is -0.137. The zero-order chi connectivity index (χ0) is 21.0. The van der Waals surface area contributed by atoms with E-state index < -0.39 is 17.6 Å². The van der Waals surface area contributed by atoms with Gasteiger partial charge in [0, 0.05) is 12.7 Å². The molecule has 0 saturated heterocycles. The van der Waals surface area contributed by atoms with Gasteiger partial charge in [-0.1, -0.05) is 17.7 Å². The molecule has 11 heteroatoms. The fraction of sp³-hybridized carbons (Fsp3) is 0.278. The smallest absolute Gasteiger partial charge is 0.416 e. The van der Waals surface area contributed by atoms with Crippen LogP contribution in [0.5, 0.6) is 5.75 Å². The monoisotopic (exact) mass is 427 g/mol. The van der Waals surface area contributed by atoms with E-state index in [4.69, 9.17) is 16.3 Å². The van der Waals surface area contributed by atoms with Crippen LogP contribution in [-0.4, -0.2) is 25.5 Å². The maximum absolute atomic E-state index is 12.7. The third-order valence-electron chi connectivity index (χ3n) is 4.01. The molecule has 0 spiro atoms. The minimum absolute atomic E-state index is 0.0452. The number of carbonyl (C=O) groups is 1. The summed E-state index contributed by atoms with van der Waals surface area (Å²) in [7, 11) is 0. The molecule has 1 aromatic carbocycles. The van der Waals surface area contributed by atoms with Crippen molar-refractivity contribution in [3.8, 4) is 5.75 Å². The van der Waals surface area contributed by atoms with E-state index in [2.05, 4.69) is 15.5 Å². The minimum atomic E-state index is -4.45. The van der Waals surface area contributed by atoms with Crippen LogP contribution in [0, 0.1) is 0 Å². The van der Waals surface area contributed by atoms with Crippen LogP contribution < -0.4 is 10.1 Å². The molecule has 0 fully saturated rings. The van der Waals surface area contributed by atoms with E-state index in [1.807, 2.05) is 6.92 Å². The van der Waals surface area contributed by atoms with Crippen molar-refractivity contribution in [3.05, 3.63) is 64.7 Å². The number of alkyl halides is 3. The number of amides is 1. The first-order valence-electron chi connectivity index (χ1n) is 8.60. The second-order valence-electron chi connectivity index (χ2n) is 5.98. The van der Waals surface area contributed by atoms with Crippen molar-refractivity contribution in [2.45, 2.75) is 32.9 Å². The third-order valence-corrected chi connectivity index (χ3v) is 4.33.